The molecule has 0 bridgehead atoms. The van der Waals surface area contributed by atoms with Crippen LogP contribution in [0.3, 0.4) is 0 Å². The Morgan fingerprint density at radius 3 is 2.48 bits per heavy atom. The Balaban J connectivity index is 0.00000264. The Bertz CT molecular complexity index is 498. The van der Waals surface area contributed by atoms with Gasteiger partial charge in [-0.05, 0) is 32.0 Å². The normalized spacial score (nSPS) is 16.5. The molecule has 0 aromatic carbocycles. The number of halogens is 1. The fraction of sp³-hybridized carbons (Fsp3) is 0.667. The highest BCUT2D eigenvalue weighted by atomic mass is 35.5. The van der Waals surface area contributed by atoms with Crippen molar-refractivity contribution in [3.63, 3.8) is 0 Å². The van der Waals surface area contributed by atoms with Gasteiger partial charge in [-0.1, -0.05) is 13.8 Å². The van der Waals surface area contributed by atoms with E-state index in [0.717, 1.165) is 13.1 Å². The maximum Gasteiger partial charge on any atom is 0.248 e. The molecule has 0 saturated carbocycles. The third-order valence-corrected chi connectivity index (χ3v) is 4.03. The Hall–Kier alpha value is -1.60. The molecule has 1 aliphatic rings. The summed E-state index contributed by atoms with van der Waals surface area (Å²) in [6, 6.07) is 1.83. The van der Waals surface area contributed by atoms with Gasteiger partial charge in [-0.25, -0.2) is 0 Å². The smallest absolute Gasteiger partial charge is 0.248 e. The van der Waals surface area contributed by atoms with E-state index in [4.69, 9.17) is 0 Å². The molecular formula is C15H26ClN5O2. The second-order valence-electron chi connectivity index (χ2n) is 5.93. The van der Waals surface area contributed by atoms with Crippen LogP contribution >= 0.6 is 12.4 Å². The number of carbonyl (C=O) groups excluding carboxylic acids is 2. The van der Waals surface area contributed by atoms with Crippen LogP contribution in [-0.2, 0) is 15.1 Å². The quantitative estimate of drug-likeness (QED) is 0.647. The number of hydrogen-bond donors (Lipinski definition) is 3. The summed E-state index contributed by atoms with van der Waals surface area (Å²) < 4.78 is 1.76. The van der Waals surface area contributed by atoms with Crippen LogP contribution in [0.4, 0.5) is 0 Å². The zero-order valence-corrected chi connectivity index (χ0v) is 14.5. The van der Waals surface area contributed by atoms with Gasteiger partial charge in [0.1, 0.15) is 5.54 Å². The van der Waals surface area contributed by atoms with Gasteiger partial charge in [-0.15, -0.1) is 12.4 Å². The molecule has 1 aromatic rings. The van der Waals surface area contributed by atoms with Crippen LogP contribution in [0.25, 0.3) is 0 Å². The molecule has 0 unspecified atom stereocenters. The highest BCUT2D eigenvalue weighted by molar-refractivity contribution is 5.85. The van der Waals surface area contributed by atoms with Gasteiger partial charge in [0.25, 0.3) is 0 Å². The molecule has 1 fully saturated rings. The minimum absolute atomic E-state index is 0. The molecule has 130 valence electrons. The number of carbonyl (C=O) groups is 2. The summed E-state index contributed by atoms with van der Waals surface area (Å²) in [4.78, 5) is 24.2. The molecule has 8 heteroatoms. The lowest BCUT2D eigenvalue weighted by molar-refractivity contribution is -0.132. The SMILES string of the molecule is CC(C)C(=O)NCCNC(=O)C1(n2cccn2)CCNCC1.Cl. The molecule has 1 aliphatic heterocycles. The van der Waals surface area contributed by atoms with Crippen molar-refractivity contribution in [3.05, 3.63) is 18.5 Å². The zero-order valence-electron chi connectivity index (χ0n) is 13.7. The van der Waals surface area contributed by atoms with Gasteiger partial charge in [0.15, 0.2) is 0 Å². The largest absolute Gasteiger partial charge is 0.354 e. The zero-order chi connectivity index (χ0) is 16.0. The monoisotopic (exact) mass is 343 g/mol. The first-order valence-electron chi connectivity index (χ1n) is 7.83. The summed E-state index contributed by atoms with van der Waals surface area (Å²) in [6.07, 6.45) is 4.95. The first-order chi connectivity index (χ1) is 10.6. The van der Waals surface area contributed by atoms with E-state index < -0.39 is 5.54 Å². The van der Waals surface area contributed by atoms with Crippen LogP contribution in [0.15, 0.2) is 18.5 Å². The fourth-order valence-corrected chi connectivity index (χ4v) is 2.65. The third kappa shape index (κ3) is 4.68. The summed E-state index contributed by atoms with van der Waals surface area (Å²) in [7, 11) is 0. The lowest BCUT2D eigenvalue weighted by Gasteiger charge is -2.36. The molecule has 2 amide bonds. The molecule has 1 saturated heterocycles. The van der Waals surface area contributed by atoms with E-state index in [-0.39, 0.29) is 30.1 Å². The van der Waals surface area contributed by atoms with Crippen LogP contribution in [0, 0.1) is 5.92 Å². The molecule has 0 spiro atoms. The predicted molar refractivity (Wildman–Crippen MR) is 90.4 cm³/mol. The van der Waals surface area contributed by atoms with Gasteiger partial charge in [0, 0.05) is 31.4 Å². The van der Waals surface area contributed by atoms with Gasteiger partial charge >= 0.3 is 0 Å². The molecule has 7 nitrogen and oxygen atoms in total. The minimum Gasteiger partial charge on any atom is -0.354 e. The third-order valence-electron chi connectivity index (χ3n) is 4.03. The second kappa shape index (κ2) is 8.88. The minimum atomic E-state index is -0.628. The molecule has 2 rings (SSSR count). The number of hydrogen-bond acceptors (Lipinski definition) is 4. The van der Waals surface area contributed by atoms with Crippen molar-refractivity contribution in [2.24, 2.45) is 5.92 Å². The maximum atomic E-state index is 12.7. The van der Waals surface area contributed by atoms with E-state index in [9.17, 15) is 9.59 Å². The second-order valence-corrected chi connectivity index (χ2v) is 5.93. The van der Waals surface area contributed by atoms with E-state index in [1.807, 2.05) is 26.1 Å². The molecule has 0 atom stereocenters. The van der Waals surface area contributed by atoms with Crippen molar-refractivity contribution in [1.82, 2.24) is 25.7 Å². The average Bonchev–Trinajstić information content (AvgIpc) is 3.06. The highest BCUT2D eigenvalue weighted by Crippen LogP contribution is 2.26. The number of nitrogens with one attached hydrogen (secondary N) is 3. The van der Waals surface area contributed by atoms with Crippen molar-refractivity contribution in [2.45, 2.75) is 32.2 Å². The lowest BCUT2D eigenvalue weighted by atomic mass is 9.87. The summed E-state index contributed by atoms with van der Waals surface area (Å²) in [5, 5.41) is 13.3. The average molecular weight is 344 g/mol. The van der Waals surface area contributed by atoms with E-state index >= 15 is 0 Å². The summed E-state index contributed by atoms with van der Waals surface area (Å²) in [6.45, 7) is 6.13. The van der Waals surface area contributed by atoms with Gasteiger partial charge in [0.05, 0.1) is 0 Å². The van der Waals surface area contributed by atoms with Crippen molar-refractivity contribution in [1.29, 1.82) is 0 Å². The van der Waals surface area contributed by atoms with Gasteiger partial charge in [-0.3, -0.25) is 14.3 Å². The van der Waals surface area contributed by atoms with E-state index in [2.05, 4.69) is 21.0 Å². The summed E-state index contributed by atoms with van der Waals surface area (Å²) >= 11 is 0. The van der Waals surface area contributed by atoms with Crippen molar-refractivity contribution in [3.8, 4) is 0 Å². The summed E-state index contributed by atoms with van der Waals surface area (Å²) in [5.41, 5.74) is -0.628. The molecule has 2 heterocycles. The van der Waals surface area contributed by atoms with Crippen LogP contribution < -0.4 is 16.0 Å². The van der Waals surface area contributed by atoms with Crippen molar-refractivity contribution < 1.29 is 9.59 Å². The number of nitrogens with zero attached hydrogens (tertiary/aromatic N) is 2. The number of rotatable bonds is 6. The first-order valence-corrected chi connectivity index (χ1v) is 7.83. The van der Waals surface area contributed by atoms with Crippen LogP contribution in [-0.4, -0.2) is 47.8 Å². The topological polar surface area (TPSA) is 88.1 Å². The molecule has 0 aliphatic carbocycles. The molecule has 23 heavy (non-hydrogen) atoms. The first kappa shape index (κ1) is 19.4. The highest BCUT2D eigenvalue weighted by Gasteiger charge is 2.41. The van der Waals surface area contributed by atoms with Crippen molar-refractivity contribution >= 4 is 24.2 Å². The molecule has 0 radical (unpaired) electrons. The standard InChI is InChI=1S/C15H25N5O2.ClH/c1-12(2)13(21)17-9-10-18-14(22)15(4-7-16-8-5-15)20-11-3-6-19-20;/h3,6,11-12,16H,4-5,7-10H2,1-2H3,(H,17,21)(H,18,22);1H. The summed E-state index contributed by atoms with van der Waals surface area (Å²) in [5.74, 6) is -0.0788. The van der Waals surface area contributed by atoms with Crippen LogP contribution in [0.2, 0.25) is 0 Å². The van der Waals surface area contributed by atoms with E-state index in [1.165, 1.54) is 0 Å². The number of piperidine rings is 1. The van der Waals surface area contributed by atoms with Crippen molar-refractivity contribution in [2.75, 3.05) is 26.2 Å². The Morgan fingerprint density at radius 2 is 1.91 bits per heavy atom. The van der Waals surface area contributed by atoms with Crippen LogP contribution in [0.1, 0.15) is 26.7 Å². The molecule has 1 aromatic heterocycles. The Kier molecular flexibility index (Phi) is 7.51. The van der Waals surface area contributed by atoms with Gasteiger partial charge < -0.3 is 16.0 Å². The fourth-order valence-electron chi connectivity index (χ4n) is 2.65. The number of amides is 2. The van der Waals surface area contributed by atoms with E-state index in [0.29, 0.717) is 25.9 Å². The molecular weight excluding hydrogens is 318 g/mol. The maximum absolute atomic E-state index is 12.7. The Morgan fingerprint density at radius 1 is 1.26 bits per heavy atom. The lowest BCUT2D eigenvalue weighted by Crippen LogP contribution is -2.55. The van der Waals surface area contributed by atoms with Gasteiger partial charge in [0.2, 0.25) is 11.8 Å². The Labute approximate surface area is 143 Å². The van der Waals surface area contributed by atoms with E-state index in [1.54, 1.807) is 10.9 Å². The van der Waals surface area contributed by atoms with Gasteiger partial charge in [-0.2, -0.15) is 5.10 Å². The number of aromatic nitrogens is 2. The predicted octanol–water partition coefficient (Wildman–Crippen LogP) is 0.272. The van der Waals surface area contributed by atoms with Crippen LogP contribution in [0.5, 0.6) is 0 Å². The molecule has 3 N–H and O–H groups in total.